The molecular weight excluding hydrogens is 316 g/mol. The number of piperidine rings is 1. The standard InChI is InChI=1S/C15H20N4O5/c1-10(24-13-7-3-2-6-12(13)19(22)23)15(21)18-8-4-5-11(9-18)14(20)17-16/h2-3,6-7,10-11H,4-5,8-9,16H2,1H3,(H,17,20). The molecule has 9 nitrogen and oxygen atoms in total. The Bertz CT molecular complexity index is 636. The van der Waals surface area contributed by atoms with E-state index in [1.54, 1.807) is 6.07 Å². The van der Waals surface area contributed by atoms with Gasteiger partial charge < -0.3 is 9.64 Å². The van der Waals surface area contributed by atoms with Gasteiger partial charge in [0.15, 0.2) is 11.9 Å². The van der Waals surface area contributed by atoms with Crippen molar-refractivity contribution < 1.29 is 19.2 Å². The topological polar surface area (TPSA) is 128 Å². The third-order valence-electron chi connectivity index (χ3n) is 3.96. The van der Waals surface area contributed by atoms with Crippen molar-refractivity contribution in [3.8, 4) is 5.75 Å². The maximum atomic E-state index is 12.5. The summed E-state index contributed by atoms with van der Waals surface area (Å²) in [6.45, 7) is 2.30. The third kappa shape index (κ3) is 3.99. The van der Waals surface area contributed by atoms with Crippen molar-refractivity contribution in [3.63, 3.8) is 0 Å². The van der Waals surface area contributed by atoms with Crippen LogP contribution >= 0.6 is 0 Å². The Morgan fingerprint density at radius 2 is 2.17 bits per heavy atom. The van der Waals surface area contributed by atoms with Gasteiger partial charge in [0.1, 0.15) is 0 Å². The van der Waals surface area contributed by atoms with Gasteiger partial charge >= 0.3 is 5.69 Å². The second-order valence-electron chi connectivity index (χ2n) is 5.62. The molecule has 24 heavy (non-hydrogen) atoms. The van der Waals surface area contributed by atoms with E-state index in [2.05, 4.69) is 5.43 Å². The number of nitrogens with two attached hydrogens (primary N) is 1. The number of nitro benzene ring substituents is 1. The monoisotopic (exact) mass is 336 g/mol. The fourth-order valence-electron chi connectivity index (χ4n) is 2.71. The van der Waals surface area contributed by atoms with Gasteiger partial charge in [-0.05, 0) is 25.8 Å². The van der Waals surface area contributed by atoms with Crippen molar-refractivity contribution in [2.75, 3.05) is 13.1 Å². The van der Waals surface area contributed by atoms with Gasteiger partial charge in [0.2, 0.25) is 5.91 Å². The lowest BCUT2D eigenvalue weighted by Crippen LogP contribution is -2.50. The molecule has 2 atom stereocenters. The number of amides is 2. The first-order valence-corrected chi connectivity index (χ1v) is 7.63. The van der Waals surface area contributed by atoms with Gasteiger partial charge in [-0.15, -0.1) is 0 Å². The molecule has 1 fully saturated rings. The Morgan fingerprint density at radius 1 is 1.46 bits per heavy atom. The van der Waals surface area contributed by atoms with Crippen LogP contribution in [0.25, 0.3) is 0 Å². The molecule has 0 aromatic heterocycles. The minimum Gasteiger partial charge on any atom is -0.474 e. The normalized spacial score (nSPS) is 18.6. The second-order valence-corrected chi connectivity index (χ2v) is 5.62. The predicted molar refractivity (Wildman–Crippen MR) is 84.8 cm³/mol. The predicted octanol–water partition coefficient (Wildman–Crippen LogP) is 0.591. The molecule has 0 bridgehead atoms. The average Bonchev–Trinajstić information content (AvgIpc) is 2.60. The number of rotatable bonds is 5. The van der Waals surface area contributed by atoms with Gasteiger partial charge in [-0.25, -0.2) is 5.84 Å². The van der Waals surface area contributed by atoms with E-state index in [-0.39, 0.29) is 35.7 Å². The molecule has 1 aliphatic rings. The summed E-state index contributed by atoms with van der Waals surface area (Å²) < 4.78 is 5.49. The third-order valence-corrected chi connectivity index (χ3v) is 3.96. The summed E-state index contributed by atoms with van der Waals surface area (Å²) in [5.74, 6) is 4.20. The van der Waals surface area contributed by atoms with Crippen LogP contribution < -0.4 is 16.0 Å². The van der Waals surface area contributed by atoms with E-state index in [1.165, 1.54) is 30.0 Å². The van der Waals surface area contributed by atoms with Crippen LogP contribution in [-0.4, -0.2) is 40.8 Å². The lowest BCUT2D eigenvalue weighted by molar-refractivity contribution is -0.386. The minimum absolute atomic E-state index is 0.0385. The zero-order valence-corrected chi connectivity index (χ0v) is 13.3. The smallest absolute Gasteiger partial charge is 0.310 e. The van der Waals surface area contributed by atoms with Crippen molar-refractivity contribution in [2.45, 2.75) is 25.9 Å². The summed E-state index contributed by atoms with van der Waals surface area (Å²) in [4.78, 5) is 36.1. The number of nitrogens with one attached hydrogen (secondary N) is 1. The number of ether oxygens (including phenoxy) is 1. The number of carbonyl (C=O) groups is 2. The summed E-state index contributed by atoms with van der Waals surface area (Å²) in [6.07, 6.45) is 0.444. The number of para-hydroxylation sites is 2. The van der Waals surface area contributed by atoms with Crippen LogP contribution in [0.5, 0.6) is 5.75 Å². The highest BCUT2D eigenvalue weighted by Crippen LogP contribution is 2.27. The van der Waals surface area contributed by atoms with Crippen LogP contribution in [0.3, 0.4) is 0 Å². The van der Waals surface area contributed by atoms with Crippen LogP contribution in [-0.2, 0) is 9.59 Å². The highest BCUT2D eigenvalue weighted by atomic mass is 16.6. The highest BCUT2D eigenvalue weighted by molar-refractivity contribution is 5.83. The van der Waals surface area contributed by atoms with E-state index in [4.69, 9.17) is 10.6 Å². The summed E-state index contributed by atoms with van der Waals surface area (Å²) in [5, 5.41) is 11.0. The molecule has 1 heterocycles. The molecule has 2 amide bonds. The zero-order valence-electron chi connectivity index (χ0n) is 13.3. The van der Waals surface area contributed by atoms with Crippen molar-refractivity contribution in [2.24, 2.45) is 11.8 Å². The largest absolute Gasteiger partial charge is 0.474 e. The molecule has 0 radical (unpaired) electrons. The Labute approximate surface area is 138 Å². The van der Waals surface area contributed by atoms with E-state index >= 15 is 0 Å². The van der Waals surface area contributed by atoms with E-state index in [1.807, 2.05) is 0 Å². The van der Waals surface area contributed by atoms with E-state index in [9.17, 15) is 19.7 Å². The number of nitro groups is 1. The lowest BCUT2D eigenvalue weighted by atomic mass is 9.97. The number of hydrogen-bond acceptors (Lipinski definition) is 6. The summed E-state index contributed by atoms with van der Waals surface area (Å²) in [7, 11) is 0. The molecule has 1 aromatic rings. The summed E-state index contributed by atoms with van der Waals surface area (Å²) >= 11 is 0. The highest BCUT2D eigenvalue weighted by Gasteiger charge is 2.31. The van der Waals surface area contributed by atoms with Crippen LogP contribution in [0.1, 0.15) is 19.8 Å². The number of hydrazine groups is 1. The van der Waals surface area contributed by atoms with Gasteiger partial charge in [0.25, 0.3) is 5.91 Å². The number of likely N-dealkylation sites (tertiary alicyclic amines) is 1. The molecule has 1 aromatic carbocycles. The van der Waals surface area contributed by atoms with Crippen molar-refractivity contribution in [3.05, 3.63) is 34.4 Å². The average molecular weight is 336 g/mol. The maximum Gasteiger partial charge on any atom is 0.310 e. The molecular formula is C15H20N4O5. The molecule has 0 aliphatic carbocycles. The second kappa shape index (κ2) is 7.73. The van der Waals surface area contributed by atoms with Crippen molar-refractivity contribution >= 4 is 17.5 Å². The van der Waals surface area contributed by atoms with Crippen LogP contribution in [0.4, 0.5) is 5.69 Å². The Hall–Kier alpha value is -2.68. The number of benzene rings is 1. The van der Waals surface area contributed by atoms with E-state index in [0.29, 0.717) is 19.4 Å². The maximum absolute atomic E-state index is 12.5. The Kier molecular flexibility index (Phi) is 5.69. The first-order chi connectivity index (χ1) is 11.4. The van der Waals surface area contributed by atoms with Crippen LogP contribution in [0.15, 0.2) is 24.3 Å². The minimum atomic E-state index is -0.897. The molecule has 2 rings (SSSR count). The summed E-state index contributed by atoms with van der Waals surface area (Å²) in [6, 6.07) is 5.89. The molecule has 0 spiro atoms. The fourth-order valence-corrected chi connectivity index (χ4v) is 2.71. The van der Waals surface area contributed by atoms with E-state index in [0.717, 1.165) is 0 Å². The number of hydrogen-bond donors (Lipinski definition) is 2. The molecule has 2 unspecified atom stereocenters. The van der Waals surface area contributed by atoms with Gasteiger partial charge in [-0.3, -0.25) is 25.1 Å². The number of nitrogens with zero attached hydrogens (tertiary/aromatic N) is 2. The first-order valence-electron chi connectivity index (χ1n) is 7.63. The first kappa shape index (κ1) is 17.7. The molecule has 0 saturated carbocycles. The number of carbonyl (C=O) groups excluding carboxylic acids is 2. The van der Waals surface area contributed by atoms with Gasteiger partial charge in [-0.1, -0.05) is 12.1 Å². The molecule has 1 saturated heterocycles. The van der Waals surface area contributed by atoms with Crippen molar-refractivity contribution in [1.29, 1.82) is 0 Å². The van der Waals surface area contributed by atoms with Gasteiger partial charge in [0.05, 0.1) is 10.8 Å². The molecule has 3 N–H and O–H groups in total. The quantitative estimate of drug-likeness (QED) is 0.350. The van der Waals surface area contributed by atoms with Gasteiger partial charge in [0, 0.05) is 19.2 Å². The van der Waals surface area contributed by atoms with Crippen LogP contribution in [0.2, 0.25) is 0 Å². The molecule has 9 heteroatoms. The SMILES string of the molecule is CC(Oc1ccccc1[N+](=O)[O-])C(=O)N1CCCC(C(=O)NN)C1. The fraction of sp³-hybridized carbons (Fsp3) is 0.467. The van der Waals surface area contributed by atoms with Gasteiger partial charge in [-0.2, -0.15) is 0 Å². The molecule has 130 valence electrons. The van der Waals surface area contributed by atoms with E-state index < -0.39 is 11.0 Å². The summed E-state index contributed by atoms with van der Waals surface area (Å²) in [5.41, 5.74) is 1.90. The zero-order chi connectivity index (χ0) is 17.7. The molecule has 1 aliphatic heterocycles. The Morgan fingerprint density at radius 3 is 2.83 bits per heavy atom. The van der Waals surface area contributed by atoms with Crippen LogP contribution in [0, 0.1) is 16.0 Å². The van der Waals surface area contributed by atoms with Crippen molar-refractivity contribution in [1.82, 2.24) is 10.3 Å². The lowest BCUT2D eigenvalue weighted by Gasteiger charge is -2.33. The Balaban J connectivity index is 2.04.